The first kappa shape index (κ1) is 23.3. The van der Waals surface area contributed by atoms with Crippen molar-refractivity contribution in [2.45, 2.75) is 39.5 Å². The van der Waals surface area contributed by atoms with Crippen LogP contribution in [0.4, 0.5) is 0 Å². The van der Waals surface area contributed by atoms with E-state index in [-0.39, 0.29) is 10.8 Å². The highest BCUT2D eigenvalue weighted by Crippen LogP contribution is 2.08. The molecule has 1 rings (SSSR count). The van der Waals surface area contributed by atoms with Gasteiger partial charge in [0, 0.05) is 5.57 Å². The fourth-order valence-corrected chi connectivity index (χ4v) is 2.57. The molecule has 7 heteroatoms. The lowest BCUT2D eigenvalue weighted by atomic mass is 10.2. The van der Waals surface area contributed by atoms with Gasteiger partial charge in [-0.15, -0.1) is 0 Å². The van der Waals surface area contributed by atoms with E-state index in [1.807, 2.05) is 6.92 Å². The van der Waals surface area contributed by atoms with E-state index in [0.29, 0.717) is 12.2 Å². The van der Waals surface area contributed by atoms with Crippen LogP contribution in [0.25, 0.3) is 0 Å². The number of quaternary nitrogens is 1. The van der Waals surface area contributed by atoms with E-state index >= 15 is 0 Å². The Hall–Kier alpha value is -1.70. The van der Waals surface area contributed by atoms with E-state index in [0.717, 1.165) is 29.7 Å². The number of rotatable bonds is 7. The molecule has 6 nitrogen and oxygen atoms in total. The molecule has 1 amide bonds. The van der Waals surface area contributed by atoms with Gasteiger partial charge in [-0.3, -0.25) is 4.79 Å². The molecule has 0 saturated carbocycles. The molecule has 1 N–H and O–H groups in total. The van der Waals surface area contributed by atoms with Gasteiger partial charge in [0.15, 0.2) is 6.67 Å². The Kier molecular flexibility index (Phi) is 9.62. The molecule has 0 atom stereocenters. The van der Waals surface area contributed by atoms with Crippen molar-refractivity contribution in [3.05, 3.63) is 42.0 Å². The molecule has 0 heterocycles. The fraction of sp³-hybridized carbons (Fsp3) is 0.500. The van der Waals surface area contributed by atoms with Crippen LogP contribution in [0, 0.1) is 6.92 Å². The van der Waals surface area contributed by atoms with E-state index < -0.39 is 10.1 Å². The largest absolute Gasteiger partial charge is 0.744 e. The van der Waals surface area contributed by atoms with Gasteiger partial charge in [0.1, 0.15) is 10.1 Å². The average molecular weight is 371 g/mol. The number of carbonyl (C=O) groups excluding carboxylic acids is 1. The minimum atomic E-state index is -4.27. The minimum Gasteiger partial charge on any atom is -0.744 e. The van der Waals surface area contributed by atoms with Crippen LogP contribution in [0.3, 0.4) is 0 Å². The first-order chi connectivity index (χ1) is 11.5. The van der Waals surface area contributed by atoms with Crippen molar-refractivity contribution < 1.29 is 22.2 Å². The summed E-state index contributed by atoms with van der Waals surface area (Å²) in [7, 11) is -4.27. The van der Waals surface area contributed by atoms with E-state index in [1.165, 1.54) is 12.1 Å². The van der Waals surface area contributed by atoms with Gasteiger partial charge in [-0.25, -0.2) is 8.42 Å². The number of nitrogens with one attached hydrogen (secondary N) is 1. The molecular weight excluding hydrogens is 340 g/mol. The first-order valence-corrected chi connectivity index (χ1v) is 9.73. The molecule has 0 aliphatic carbocycles. The normalized spacial score (nSPS) is 11.3. The summed E-state index contributed by atoms with van der Waals surface area (Å²) >= 11 is 0. The van der Waals surface area contributed by atoms with Crippen LogP contribution in [-0.2, 0) is 14.9 Å². The van der Waals surface area contributed by atoms with Crippen LogP contribution in [0.2, 0.25) is 0 Å². The maximum atomic E-state index is 11.3. The minimum absolute atomic E-state index is 0.0390. The van der Waals surface area contributed by atoms with E-state index in [1.54, 1.807) is 19.1 Å². The highest BCUT2D eigenvalue weighted by atomic mass is 32.2. The van der Waals surface area contributed by atoms with Gasteiger partial charge in [0.2, 0.25) is 0 Å². The number of benzene rings is 1. The molecular formula is C18H30N2O4S. The second-order valence-electron chi connectivity index (χ2n) is 6.00. The lowest BCUT2D eigenvalue weighted by Gasteiger charge is -2.35. The molecule has 0 bridgehead atoms. The van der Waals surface area contributed by atoms with Crippen LogP contribution >= 0.6 is 0 Å². The van der Waals surface area contributed by atoms with E-state index in [2.05, 4.69) is 32.7 Å². The van der Waals surface area contributed by atoms with Crippen molar-refractivity contribution in [1.29, 1.82) is 0 Å². The Balaban J connectivity index is 0.000000472. The maximum Gasteiger partial charge on any atom is 0.250 e. The number of aryl methyl sites for hydroxylation is 1. The molecule has 25 heavy (non-hydrogen) atoms. The molecule has 1 aromatic rings. The van der Waals surface area contributed by atoms with Crippen LogP contribution in [-0.4, -0.2) is 49.7 Å². The third-order valence-corrected chi connectivity index (χ3v) is 5.13. The van der Waals surface area contributed by atoms with Crippen LogP contribution in [0.1, 0.15) is 33.3 Å². The highest BCUT2D eigenvalue weighted by molar-refractivity contribution is 7.85. The van der Waals surface area contributed by atoms with Crippen LogP contribution in [0.5, 0.6) is 0 Å². The molecule has 0 aliphatic rings. The fourth-order valence-electron chi connectivity index (χ4n) is 2.10. The lowest BCUT2D eigenvalue weighted by Crippen LogP contribution is -2.54. The van der Waals surface area contributed by atoms with Gasteiger partial charge in [0.25, 0.3) is 5.91 Å². The second kappa shape index (κ2) is 10.3. The summed E-state index contributed by atoms with van der Waals surface area (Å²) < 4.78 is 32.1. The van der Waals surface area contributed by atoms with Crippen molar-refractivity contribution in [1.82, 2.24) is 5.32 Å². The Morgan fingerprint density at radius 2 is 1.56 bits per heavy atom. The summed E-state index contributed by atoms with van der Waals surface area (Å²) in [4.78, 5) is 11.1. The van der Waals surface area contributed by atoms with Gasteiger partial charge in [0.05, 0.1) is 24.5 Å². The Morgan fingerprint density at radius 3 is 1.88 bits per heavy atom. The van der Waals surface area contributed by atoms with E-state index in [9.17, 15) is 17.8 Å². The summed E-state index contributed by atoms with van der Waals surface area (Å²) in [6.45, 7) is 17.5. The Morgan fingerprint density at radius 1 is 1.12 bits per heavy atom. The van der Waals surface area contributed by atoms with Crippen molar-refractivity contribution in [3.8, 4) is 0 Å². The molecule has 0 unspecified atom stereocenters. The summed E-state index contributed by atoms with van der Waals surface area (Å²) in [5, 5.41) is 2.91. The van der Waals surface area contributed by atoms with Crippen molar-refractivity contribution in [3.63, 3.8) is 0 Å². The second-order valence-corrected chi connectivity index (χ2v) is 7.38. The summed E-state index contributed by atoms with van der Waals surface area (Å²) in [5.41, 5.74) is 1.50. The standard InChI is InChI=1S/C11H22N2O.C7H8O3S/c1-6-13(7-2,8-3)9-12-11(14)10(4)5;1-6-2-4-7(5-3-6)11(8,9)10/h4,6-9H2,1-3,5H3;2-5H,1H3,(H,8,9,10). The third-order valence-electron chi connectivity index (χ3n) is 4.28. The predicted molar refractivity (Wildman–Crippen MR) is 98.8 cm³/mol. The van der Waals surface area contributed by atoms with E-state index in [4.69, 9.17) is 0 Å². The molecule has 0 aliphatic heterocycles. The summed E-state index contributed by atoms with van der Waals surface area (Å²) in [6.07, 6.45) is 0. The maximum absolute atomic E-state index is 11.3. The molecule has 1 aromatic carbocycles. The number of nitrogens with zero attached hydrogens (tertiary/aromatic N) is 1. The number of amides is 1. The van der Waals surface area contributed by atoms with Gasteiger partial charge in [-0.2, -0.15) is 0 Å². The summed E-state index contributed by atoms with van der Waals surface area (Å²) in [6, 6.07) is 5.78. The van der Waals surface area contributed by atoms with Gasteiger partial charge in [-0.1, -0.05) is 24.3 Å². The van der Waals surface area contributed by atoms with Gasteiger partial charge < -0.3 is 14.4 Å². The van der Waals surface area contributed by atoms with Crippen LogP contribution in [0.15, 0.2) is 41.3 Å². The molecule has 0 radical (unpaired) electrons. The molecule has 0 spiro atoms. The average Bonchev–Trinajstić information content (AvgIpc) is 2.56. The smallest absolute Gasteiger partial charge is 0.250 e. The summed E-state index contributed by atoms with van der Waals surface area (Å²) in [5.74, 6) is -0.0390. The number of hydrogen-bond acceptors (Lipinski definition) is 4. The first-order valence-electron chi connectivity index (χ1n) is 8.32. The quantitative estimate of drug-likeness (QED) is 0.346. The molecule has 142 valence electrons. The number of hydrogen-bond donors (Lipinski definition) is 1. The Labute approximate surface area is 151 Å². The van der Waals surface area contributed by atoms with Crippen molar-refractivity contribution >= 4 is 16.0 Å². The van der Waals surface area contributed by atoms with Crippen molar-refractivity contribution in [2.75, 3.05) is 26.3 Å². The third kappa shape index (κ3) is 8.29. The molecule has 0 fully saturated rings. The van der Waals surface area contributed by atoms with Crippen LogP contribution < -0.4 is 5.32 Å². The lowest BCUT2D eigenvalue weighted by molar-refractivity contribution is -0.924. The zero-order valence-corrected chi connectivity index (χ0v) is 16.6. The van der Waals surface area contributed by atoms with Crippen molar-refractivity contribution in [2.24, 2.45) is 0 Å². The molecule has 0 saturated heterocycles. The van der Waals surface area contributed by atoms with Gasteiger partial charge in [-0.05, 0) is 46.8 Å². The zero-order valence-electron chi connectivity index (χ0n) is 15.8. The highest BCUT2D eigenvalue weighted by Gasteiger charge is 2.21. The zero-order chi connectivity index (χ0) is 19.7. The van der Waals surface area contributed by atoms with Gasteiger partial charge >= 0.3 is 0 Å². The SMILES string of the molecule is C=C(C)C(=O)NC[N+](CC)(CC)CC.Cc1ccc(S(=O)(=O)[O-])cc1. The predicted octanol–water partition coefficient (Wildman–Crippen LogP) is 2.41. The Bertz CT molecular complexity index is 655. The number of carbonyl (C=O) groups is 1. The monoisotopic (exact) mass is 370 g/mol. The molecule has 0 aromatic heterocycles. The topological polar surface area (TPSA) is 86.3 Å².